The molecule has 2 aliphatic rings. The van der Waals surface area contributed by atoms with Gasteiger partial charge in [0.2, 0.25) is 0 Å². The van der Waals surface area contributed by atoms with Crippen molar-refractivity contribution in [2.45, 2.75) is 32.4 Å². The molecule has 1 saturated heterocycles. The molecule has 4 N–H and O–H groups in total. The SMILES string of the molecule is Cc1cccc(Cl)c1CNc1cc(NC2CC2)n2ncc(/C=C3\NC(=O)NC3=O)c2n1. The number of aryl methyl sites for hydroxylation is 1. The molecule has 3 amide bonds. The number of hydrogen-bond acceptors (Lipinski definition) is 6. The van der Waals surface area contributed by atoms with Crippen molar-refractivity contribution in [1.82, 2.24) is 25.2 Å². The first-order valence-corrected chi connectivity index (χ1v) is 10.3. The van der Waals surface area contributed by atoms with Gasteiger partial charge in [-0.15, -0.1) is 0 Å². The number of halogens is 1. The van der Waals surface area contributed by atoms with Crippen LogP contribution in [0.5, 0.6) is 0 Å². The molecule has 158 valence electrons. The number of urea groups is 1. The number of benzene rings is 1. The number of carbonyl (C=O) groups excluding carboxylic acids is 2. The van der Waals surface area contributed by atoms with Crippen molar-refractivity contribution in [3.63, 3.8) is 0 Å². The van der Waals surface area contributed by atoms with Gasteiger partial charge in [-0.1, -0.05) is 23.7 Å². The van der Waals surface area contributed by atoms with Gasteiger partial charge in [0.1, 0.15) is 17.3 Å². The average Bonchev–Trinajstić information content (AvgIpc) is 3.36. The van der Waals surface area contributed by atoms with Gasteiger partial charge in [0.15, 0.2) is 5.65 Å². The Morgan fingerprint density at radius 1 is 1.29 bits per heavy atom. The van der Waals surface area contributed by atoms with Crippen LogP contribution in [0.3, 0.4) is 0 Å². The molecule has 0 spiro atoms. The smallest absolute Gasteiger partial charge is 0.326 e. The van der Waals surface area contributed by atoms with Gasteiger partial charge in [-0.05, 0) is 43.0 Å². The average molecular weight is 438 g/mol. The van der Waals surface area contributed by atoms with Crippen molar-refractivity contribution in [3.8, 4) is 0 Å². The summed E-state index contributed by atoms with van der Waals surface area (Å²) in [6, 6.07) is 7.58. The molecule has 9 nitrogen and oxygen atoms in total. The van der Waals surface area contributed by atoms with Crippen LogP contribution in [0.2, 0.25) is 5.02 Å². The zero-order valence-corrected chi connectivity index (χ0v) is 17.5. The van der Waals surface area contributed by atoms with E-state index >= 15 is 0 Å². The Morgan fingerprint density at radius 2 is 2.13 bits per heavy atom. The van der Waals surface area contributed by atoms with Crippen LogP contribution in [-0.2, 0) is 11.3 Å². The van der Waals surface area contributed by atoms with Crippen LogP contribution in [-0.4, -0.2) is 32.6 Å². The van der Waals surface area contributed by atoms with Crippen LogP contribution in [0.15, 0.2) is 36.2 Å². The van der Waals surface area contributed by atoms with Crippen LogP contribution in [0.25, 0.3) is 11.7 Å². The third-order valence-corrected chi connectivity index (χ3v) is 5.60. The number of anilines is 2. The predicted octanol–water partition coefficient (Wildman–Crippen LogP) is 3.06. The lowest BCUT2D eigenvalue weighted by Crippen LogP contribution is -2.22. The first-order chi connectivity index (χ1) is 15.0. The highest BCUT2D eigenvalue weighted by Crippen LogP contribution is 2.28. The summed E-state index contributed by atoms with van der Waals surface area (Å²) in [6.07, 6.45) is 5.40. The minimum Gasteiger partial charge on any atom is -0.367 e. The minimum atomic E-state index is -0.547. The molecule has 0 bridgehead atoms. The first kappa shape index (κ1) is 19.4. The van der Waals surface area contributed by atoms with Crippen molar-refractivity contribution >= 4 is 46.9 Å². The lowest BCUT2D eigenvalue weighted by atomic mass is 10.1. The molecular weight excluding hydrogens is 418 g/mol. The minimum absolute atomic E-state index is 0.156. The quantitative estimate of drug-likeness (QED) is 0.348. The van der Waals surface area contributed by atoms with E-state index in [-0.39, 0.29) is 5.70 Å². The van der Waals surface area contributed by atoms with E-state index in [1.165, 1.54) is 0 Å². The van der Waals surface area contributed by atoms with E-state index < -0.39 is 11.9 Å². The molecule has 3 aromatic rings. The normalized spacial score (nSPS) is 17.2. The molecule has 5 rings (SSSR count). The molecule has 1 aromatic carbocycles. The van der Waals surface area contributed by atoms with Gasteiger partial charge in [-0.2, -0.15) is 9.61 Å². The summed E-state index contributed by atoms with van der Waals surface area (Å²) < 4.78 is 1.70. The van der Waals surface area contributed by atoms with Crippen LogP contribution in [0.1, 0.15) is 29.5 Å². The largest absolute Gasteiger partial charge is 0.367 e. The Morgan fingerprint density at radius 3 is 2.84 bits per heavy atom. The lowest BCUT2D eigenvalue weighted by molar-refractivity contribution is -0.115. The van der Waals surface area contributed by atoms with Gasteiger partial charge in [0.25, 0.3) is 5.91 Å². The maximum absolute atomic E-state index is 11.9. The summed E-state index contributed by atoms with van der Waals surface area (Å²) in [5.41, 5.74) is 3.43. The molecule has 1 saturated carbocycles. The zero-order valence-electron chi connectivity index (χ0n) is 16.7. The monoisotopic (exact) mass is 437 g/mol. The number of amides is 3. The fourth-order valence-corrected chi connectivity index (χ4v) is 3.71. The van der Waals surface area contributed by atoms with Crippen LogP contribution in [0, 0.1) is 6.92 Å². The van der Waals surface area contributed by atoms with Gasteiger partial charge >= 0.3 is 6.03 Å². The third kappa shape index (κ3) is 3.91. The summed E-state index contributed by atoms with van der Waals surface area (Å²) in [4.78, 5) is 28.0. The lowest BCUT2D eigenvalue weighted by Gasteiger charge is -2.13. The Hall–Kier alpha value is -3.59. The fourth-order valence-electron chi connectivity index (χ4n) is 3.42. The first-order valence-electron chi connectivity index (χ1n) is 9.95. The van der Waals surface area contributed by atoms with Gasteiger partial charge in [-0.3, -0.25) is 10.1 Å². The number of carbonyl (C=O) groups is 2. The van der Waals surface area contributed by atoms with E-state index in [9.17, 15) is 9.59 Å². The molecule has 1 aliphatic carbocycles. The summed E-state index contributed by atoms with van der Waals surface area (Å²) in [5, 5.41) is 16.6. The number of rotatable bonds is 6. The van der Waals surface area contributed by atoms with Crippen molar-refractivity contribution in [2.24, 2.45) is 0 Å². The number of nitrogens with zero attached hydrogens (tertiary/aromatic N) is 3. The van der Waals surface area contributed by atoms with E-state index in [1.807, 2.05) is 31.2 Å². The van der Waals surface area contributed by atoms with Crippen molar-refractivity contribution in [3.05, 3.63) is 57.9 Å². The number of nitrogens with one attached hydrogen (secondary N) is 4. The molecular formula is C21H20ClN7O2. The summed E-state index contributed by atoms with van der Waals surface area (Å²) in [7, 11) is 0. The molecule has 31 heavy (non-hydrogen) atoms. The molecule has 3 heterocycles. The predicted molar refractivity (Wildman–Crippen MR) is 118 cm³/mol. The number of aromatic nitrogens is 3. The zero-order chi connectivity index (χ0) is 21.5. The highest BCUT2D eigenvalue weighted by atomic mass is 35.5. The Balaban J connectivity index is 1.51. The van der Waals surface area contributed by atoms with Crippen LogP contribution < -0.4 is 21.3 Å². The molecule has 1 aliphatic heterocycles. The van der Waals surface area contributed by atoms with E-state index in [4.69, 9.17) is 16.6 Å². The maximum atomic E-state index is 11.9. The Labute approximate surface area is 182 Å². The second-order valence-corrected chi connectivity index (χ2v) is 8.04. The number of imide groups is 1. The topological polar surface area (TPSA) is 112 Å². The van der Waals surface area contributed by atoms with Crippen molar-refractivity contribution < 1.29 is 9.59 Å². The maximum Gasteiger partial charge on any atom is 0.326 e. The second kappa shape index (κ2) is 7.59. The van der Waals surface area contributed by atoms with Crippen molar-refractivity contribution in [1.29, 1.82) is 0 Å². The highest BCUT2D eigenvalue weighted by molar-refractivity contribution is 6.31. The fraction of sp³-hybridized carbons (Fsp3) is 0.238. The second-order valence-electron chi connectivity index (χ2n) is 7.64. The van der Waals surface area contributed by atoms with Crippen LogP contribution in [0.4, 0.5) is 16.4 Å². The Bertz CT molecular complexity index is 1230. The van der Waals surface area contributed by atoms with E-state index in [1.54, 1.807) is 16.8 Å². The summed E-state index contributed by atoms with van der Waals surface area (Å²) in [6.45, 7) is 2.53. The highest BCUT2D eigenvalue weighted by Gasteiger charge is 2.25. The summed E-state index contributed by atoms with van der Waals surface area (Å²) in [5.74, 6) is 0.967. The Kier molecular flexibility index (Phi) is 4.74. The number of fused-ring (bicyclic) bond motifs is 1. The van der Waals surface area contributed by atoms with E-state index in [0.717, 1.165) is 29.8 Å². The number of hydrogen-bond donors (Lipinski definition) is 4. The van der Waals surface area contributed by atoms with Crippen LogP contribution >= 0.6 is 11.6 Å². The standard InChI is InChI=1S/C21H20ClN7O2/c1-11-3-2-4-15(22)14(11)10-23-17-8-18(25-13-5-6-13)29-19(27-17)12(9-24-29)7-16-20(30)28-21(31)26-16/h2-4,7-9,13,25H,5-6,10H2,1H3,(H,23,27)(H2,26,28,30,31)/b16-7-. The molecule has 0 atom stereocenters. The van der Waals surface area contributed by atoms with Gasteiger partial charge in [0.05, 0.1) is 6.20 Å². The molecule has 10 heteroatoms. The third-order valence-electron chi connectivity index (χ3n) is 5.25. The molecule has 2 fully saturated rings. The van der Waals surface area contributed by atoms with Gasteiger partial charge < -0.3 is 16.0 Å². The van der Waals surface area contributed by atoms with Crippen molar-refractivity contribution in [2.75, 3.05) is 10.6 Å². The van der Waals surface area contributed by atoms with E-state index in [2.05, 4.69) is 26.4 Å². The molecule has 2 aromatic heterocycles. The van der Waals surface area contributed by atoms with Gasteiger partial charge in [-0.25, -0.2) is 9.78 Å². The molecule has 0 unspecified atom stereocenters. The summed E-state index contributed by atoms with van der Waals surface area (Å²) >= 11 is 6.36. The van der Waals surface area contributed by atoms with E-state index in [0.29, 0.717) is 34.6 Å². The van der Waals surface area contributed by atoms with Gasteiger partial charge in [0, 0.05) is 29.2 Å². The molecule has 0 radical (unpaired) electrons.